The summed E-state index contributed by atoms with van der Waals surface area (Å²) < 4.78 is 70.8. The van der Waals surface area contributed by atoms with Gasteiger partial charge in [0, 0.05) is 12.6 Å². The van der Waals surface area contributed by atoms with Crippen molar-refractivity contribution in [2.75, 3.05) is 106 Å². The van der Waals surface area contributed by atoms with Gasteiger partial charge in [0.1, 0.15) is 58.4 Å². The van der Waals surface area contributed by atoms with E-state index in [0.29, 0.717) is 76.4 Å². The van der Waals surface area contributed by atoms with Crippen LogP contribution in [0.15, 0.2) is 72.3 Å². The van der Waals surface area contributed by atoms with E-state index in [9.17, 15) is 14.7 Å². The molecule has 13 aromatic heterocycles. The zero-order valence-corrected chi connectivity index (χ0v) is 64.5. The van der Waals surface area contributed by atoms with Crippen LogP contribution >= 0.6 is 11.6 Å². The molecule has 22 N–H and O–H groups in total. The number of aliphatic hydroxyl groups is 7. The molecule has 0 saturated carbocycles. The monoisotopic (exact) mass is 1690 g/mol. The summed E-state index contributed by atoms with van der Waals surface area (Å²) in [6.45, 7) is 4.12. The molecule has 0 aliphatic carbocycles. The molecule has 0 aromatic carbocycles. The number of nitrogens with zero attached hydrogens (tertiary/aromatic N) is 25. The van der Waals surface area contributed by atoms with Crippen LogP contribution in [0.25, 0.3) is 67.0 Å². The number of fused-ring (bicyclic) bond motifs is 6. The quantitative estimate of drug-likeness (QED) is 0.0521. The molecule has 120 heavy (non-hydrogen) atoms. The molecule has 0 bridgehead atoms. The number of ether oxygens (including phenoxy) is 11. The van der Waals surface area contributed by atoms with E-state index < -0.39 is 61.4 Å². The lowest BCUT2D eigenvalue weighted by molar-refractivity contribution is -0.111. The van der Waals surface area contributed by atoms with Crippen LogP contribution < -0.4 is 51.4 Å². The van der Waals surface area contributed by atoms with E-state index in [1.807, 2.05) is 18.4 Å². The highest BCUT2D eigenvalue weighted by molar-refractivity contribution is 6.33. The molecule has 0 radical (unpaired) electrons. The lowest BCUT2D eigenvalue weighted by Crippen LogP contribution is -2.27. The Labute approximate surface area is 677 Å². The molecule has 7 aliphatic heterocycles. The van der Waals surface area contributed by atoms with Gasteiger partial charge in [0.15, 0.2) is 107 Å². The van der Waals surface area contributed by atoms with Gasteiger partial charge >= 0.3 is 5.69 Å². The fourth-order valence-electron chi connectivity index (χ4n) is 13.2. The van der Waals surface area contributed by atoms with E-state index in [-0.39, 0.29) is 142 Å². The minimum Gasteiger partial charge on any atom is -0.394 e. The summed E-state index contributed by atoms with van der Waals surface area (Å²) in [7, 11) is 0. The van der Waals surface area contributed by atoms with Crippen molar-refractivity contribution in [2.45, 2.75) is 140 Å². The maximum Gasteiger partial charge on any atom is 0.351 e. The molecule has 7 aliphatic rings. The maximum absolute atomic E-state index is 11.6. The van der Waals surface area contributed by atoms with E-state index in [0.717, 1.165) is 48.2 Å². The number of H-pyrrole nitrogens is 1. The molecule has 54 heteroatoms. The second-order valence-corrected chi connectivity index (χ2v) is 27.2. The Morgan fingerprint density at radius 1 is 0.408 bits per heavy atom. The summed E-state index contributed by atoms with van der Waals surface area (Å²) in [5.74, 6) is 0.951. The zero-order valence-electron chi connectivity index (χ0n) is 63.7. The largest absolute Gasteiger partial charge is 0.394 e. The predicted octanol–water partition coefficient (Wildman–Crippen LogP) is -2.74. The van der Waals surface area contributed by atoms with E-state index in [2.05, 4.69) is 94.7 Å². The van der Waals surface area contributed by atoms with Crippen LogP contribution in [-0.4, -0.2) is 272 Å². The van der Waals surface area contributed by atoms with E-state index in [4.69, 9.17) is 134 Å². The first-order valence-corrected chi connectivity index (χ1v) is 37.3. The van der Waals surface area contributed by atoms with Crippen LogP contribution in [0.4, 0.5) is 41.4 Å². The minimum absolute atomic E-state index is 0.00636. The van der Waals surface area contributed by atoms with Gasteiger partial charge in [-0.2, -0.15) is 39.9 Å². The van der Waals surface area contributed by atoms with Gasteiger partial charge < -0.3 is 128 Å². The molecule has 14 atom stereocenters. The van der Waals surface area contributed by atoms with Gasteiger partial charge in [0.2, 0.25) is 29.7 Å². The van der Waals surface area contributed by atoms with Crippen LogP contribution in [0.2, 0.25) is 5.15 Å². The molecule has 640 valence electrons. The first kappa shape index (κ1) is 84.6. The highest BCUT2D eigenvalue weighted by atomic mass is 35.5. The summed E-state index contributed by atoms with van der Waals surface area (Å²) in [5.41, 5.74) is 46.1. The third-order valence-electron chi connectivity index (χ3n) is 18.9. The molecule has 0 amide bonds. The van der Waals surface area contributed by atoms with E-state index in [1.165, 1.54) is 29.9 Å². The topological polar surface area (TPSA) is 742 Å². The smallest absolute Gasteiger partial charge is 0.351 e. The summed E-state index contributed by atoms with van der Waals surface area (Å²) in [5, 5.41) is 63.2. The van der Waals surface area contributed by atoms with Gasteiger partial charge in [0.25, 0.3) is 5.56 Å². The van der Waals surface area contributed by atoms with Crippen LogP contribution in [0, 0.1) is 13.8 Å². The second-order valence-electron chi connectivity index (χ2n) is 26.9. The maximum atomic E-state index is 11.6. The van der Waals surface area contributed by atoms with Crippen molar-refractivity contribution in [3.63, 3.8) is 0 Å². The second kappa shape index (κ2) is 37.6. The van der Waals surface area contributed by atoms with E-state index in [1.54, 1.807) is 60.3 Å². The Balaban J connectivity index is 0.000000115. The van der Waals surface area contributed by atoms with Crippen LogP contribution in [-0.2, 0) is 52.1 Å². The standard InChI is InChI=1S/C11H14N4O2.C10H13N5O2.C9H10ClN5O3.C9H12N6O3.C9H11N5O4.C9H11N5O3.C9H13N3O3/c1-7-10-11(13-5-12-7)15(6-14-10)9-3-2-8(4-16)17-9;1-5-8-9(14-10(11)13-5)15(4-12-8)6-2-3-7(16)17-6;2*10-7-6-8(14-9(11)13-7)15(3-12-6)4-2-17-5(1-16)18-4;10-9-12-7-6(8(16)13-9)11-3-14(7)4-2-17-5(1-15)18-4;10-9-11-1-5-8(13-9)14(4-12-5)6-3-16-7(2-15)17-6;10-7-3-4-12(9(14)11-7)8-2-1-6(5-13)15-8/h5-6,8-9,16H,2-4H2,1H3;4,6-7,16H,2-3H2,1H3,(H2,11,13,14);3-5,16H,1-2H2,(H2,11,13,14);3-5,16H,1-2H2,(H4,10,11,13,14);3-5,15H,1-2H2,(H3,10,12,13,16);1,4,6-7,15H,2-3H2,(H2,10,11,13);3-4,6,8,13H,1-2,5H2,(H2,10,11,14). The third kappa shape index (κ3) is 18.9. The molecule has 0 spiro atoms. The summed E-state index contributed by atoms with van der Waals surface area (Å²) in [4.78, 5) is 98.2. The van der Waals surface area contributed by atoms with Crippen molar-refractivity contribution in [1.82, 2.24) is 127 Å². The van der Waals surface area contributed by atoms with Crippen molar-refractivity contribution in [3.05, 3.63) is 100 Å². The Hall–Kier alpha value is -11.8. The normalized spacial score (nSPS) is 24.4. The van der Waals surface area contributed by atoms with Crippen molar-refractivity contribution in [1.29, 1.82) is 0 Å². The van der Waals surface area contributed by atoms with Gasteiger partial charge in [-0.3, -0.25) is 41.7 Å². The first-order valence-electron chi connectivity index (χ1n) is 36.9. The van der Waals surface area contributed by atoms with Gasteiger partial charge in [-0.15, -0.1) is 0 Å². The molecular formula is C66H84ClN33O20. The number of aromatic amines is 1. The molecule has 20 rings (SSSR count). The van der Waals surface area contributed by atoms with Crippen LogP contribution in [0.1, 0.15) is 93.5 Å². The number of halogens is 1. The van der Waals surface area contributed by atoms with Crippen molar-refractivity contribution < 1.29 is 87.9 Å². The highest BCUT2D eigenvalue weighted by Gasteiger charge is 2.35. The summed E-state index contributed by atoms with van der Waals surface area (Å²) in [6.07, 6.45) is 12.8. The number of hydrogen-bond donors (Lipinski definition) is 15. The molecule has 14 unspecified atom stereocenters. The van der Waals surface area contributed by atoms with Crippen molar-refractivity contribution in [2.24, 2.45) is 0 Å². The number of aryl methyl sites for hydroxylation is 2. The van der Waals surface area contributed by atoms with Crippen molar-refractivity contribution in [3.8, 4) is 0 Å². The summed E-state index contributed by atoms with van der Waals surface area (Å²) in [6, 6.07) is 1.55. The molecule has 20 heterocycles. The molecule has 7 saturated heterocycles. The Bertz CT molecular complexity index is 5690. The predicted molar refractivity (Wildman–Crippen MR) is 412 cm³/mol. The Morgan fingerprint density at radius 2 is 0.842 bits per heavy atom. The number of nitrogen functional groups attached to an aromatic ring is 7. The lowest BCUT2D eigenvalue weighted by Gasteiger charge is -2.14. The molecular weight excluding hydrogens is 1610 g/mol. The molecule has 13 aromatic rings. The van der Waals surface area contributed by atoms with Crippen LogP contribution in [0.3, 0.4) is 0 Å². The zero-order chi connectivity index (χ0) is 84.6. The third-order valence-corrected chi connectivity index (χ3v) is 19.2. The van der Waals surface area contributed by atoms with Crippen LogP contribution in [0.5, 0.6) is 0 Å². The average molecular weight is 1700 g/mol. The number of imidazole rings is 6. The number of nitrogens with two attached hydrogens (primary N) is 7. The van der Waals surface area contributed by atoms with Crippen molar-refractivity contribution >= 4 is 120 Å². The minimum atomic E-state index is -0.710. The fraction of sp³-hybridized carbons (Fsp3) is 0.485. The van der Waals surface area contributed by atoms with E-state index >= 15 is 0 Å². The Morgan fingerprint density at radius 3 is 1.36 bits per heavy atom. The SMILES string of the molecule is Cc1nc(N)nc2c1ncn2C1CCC(O)O1.Cc1ncnc2c1ncn2C1CCC(CO)O1.Nc1ccn(C2CCC(CO)O2)c(=O)n1.Nc1nc(Cl)c2ncn(C3COC(CO)O3)c2n1.Nc1nc(N)c2ncn(C3COC(CO)O3)c2n1.Nc1nc2c(ncn2C2COC(CO)O2)c(=O)[nH]1.Nc1ncc2ncn(C3COC(CO)O3)c2n1. The number of aliphatic hydroxyl groups excluding tert-OH is 7. The number of hydrogen-bond acceptors (Lipinski definition) is 45. The van der Waals surface area contributed by atoms with Gasteiger partial charge in [-0.1, -0.05) is 11.6 Å². The number of anilines is 7. The number of nitrogens with one attached hydrogen (secondary N) is 1. The highest BCUT2D eigenvalue weighted by Crippen LogP contribution is 2.35. The fourth-order valence-corrected chi connectivity index (χ4v) is 13.4. The Kier molecular flexibility index (Phi) is 26.5. The molecule has 7 fully saturated rings. The molecule has 53 nitrogen and oxygen atoms in total. The van der Waals surface area contributed by atoms with Gasteiger partial charge in [-0.05, 0) is 52.0 Å². The average Bonchev–Trinajstić information content (AvgIpc) is 1.65. The van der Waals surface area contributed by atoms with Gasteiger partial charge in [-0.25, -0.2) is 54.6 Å². The first-order chi connectivity index (χ1) is 58.0. The number of rotatable bonds is 13. The van der Waals surface area contributed by atoms with Gasteiger partial charge in [0.05, 0.1) is 134 Å². The number of aromatic nitrogens is 26. The lowest BCUT2D eigenvalue weighted by atomic mass is 10.2. The summed E-state index contributed by atoms with van der Waals surface area (Å²) >= 11 is 5.92.